The van der Waals surface area contributed by atoms with Gasteiger partial charge in [0.1, 0.15) is 5.69 Å². The molecule has 0 atom stereocenters. The molecular weight excluding hydrogens is 399 g/mol. The summed E-state index contributed by atoms with van der Waals surface area (Å²) in [4.78, 5) is 17.2. The van der Waals surface area contributed by atoms with Crippen molar-refractivity contribution in [3.8, 4) is 11.5 Å². The number of phenols is 2. The number of anilines is 1. The van der Waals surface area contributed by atoms with Gasteiger partial charge in [-0.3, -0.25) is 9.78 Å². The number of rotatable bonds is 2. The van der Waals surface area contributed by atoms with Crippen LogP contribution in [0, 0.1) is 0 Å². The van der Waals surface area contributed by atoms with Crippen LogP contribution in [0.25, 0.3) is 6.08 Å². The molecule has 4 N–H and O–H groups in total. The first-order valence-corrected chi connectivity index (χ1v) is 8.48. The van der Waals surface area contributed by atoms with Crippen molar-refractivity contribution in [2.24, 2.45) is 0 Å². The summed E-state index contributed by atoms with van der Waals surface area (Å²) in [5.74, 6) is -1.43. The van der Waals surface area contributed by atoms with Crippen molar-refractivity contribution < 1.29 is 28.2 Å². The largest absolute Gasteiger partial charge is 0.503 e. The molecule has 6 nitrogen and oxygen atoms in total. The molecule has 3 rings (SSSR count). The predicted molar refractivity (Wildman–Crippen MR) is 96.6 cm³/mol. The van der Waals surface area contributed by atoms with Crippen LogP contribution in [0.2, 0.25) is 5.02 Å². The van der Waals surface area contributed by atoms with Gasteiger partial charge in [-0.1, -0.05) is 17.7 Å². The van der Waals surface area contributed by atoms with E-state index in [1.54, 1.807) is 0 Å². The monoisotopic (exact) mass is 413 g/mol. The van der Waals surface area contributed by atoms with E-state index in [4.69, 9.17) is 17.3 Å². The molecule has 0 unspecified atom stereocenters. The lowest BCUT2D eigenvalue weighted by Gasteiger charge is -2.30. The van der Waals surface area contributed by atoms with Crippen LogP contribution < -0.4 is 5.73 Å². The number of carbonyl (C=O) groups excluding carboxylic acids is 1. The van der Waals surface area contributed by atoms with Gasteiger partial charge in [-0.2, -0.15) is 13.2 Å². The minimum Gasteiger partial charge on any atom is -0.503 e. The number of amides is 1. The number of fused-ring (bicyclic) bond motifs is 1. The van der Waals surface area contributed by atoms with Crippen LogP contribution in [0.4, 0.5) is 18.9 Å². The van der Waals surface area contributed by atoms with Crippen molar-refractivity contribution in [1.29, 1.82) is 0 Å². The Balaban J connectivity index is 1.76. The number of aromatic nitrogens is 1. The second-order valence-corrected chi connectivity index (χ2v) is 6.58. The van der Waals surface area contributed by atoms with Gasteiger partial charge in [-0.15, -0.1) is 0 Å². The molecule has 0 spiro atoms. The zero-order valence-corrected chi connectivity index (χ0v) is 15.1. The molecule has 28 heavy (non-hydrogen) atoms. The maximum Gasteiger partial charge on any atom is 0.433 e. The van der Waals surface area contributed by atoms with E-state index >= 15 is 0 Å². The molecule has 1 aliphatic rings. The van der Waals surface area contributed by atoms with Gasteiger partial charge < -0.3 is 20.8 Å². The summed E-state index contributed by atoms with van der Waals surface area (Å²) in [6.07, 6.45) is -0.603. The topological polar surface area (TPSA) is 99.7 Å². The third-order valence-electron chi connectivity index (χ3n) is 4.43. The Kier molecular flexibility index (Phi) is 5.12. The molecule has 1 aromatic carbocycles. The lowest BCUT2D eigenvalue weighted by molar-refractivity contribution is -0.141. The maximum absolute atomic E-state index is 12.5. The lowest BCUT2D eigenvalue weighted by atomic mass is 9.96. The Labute approximate surface area is 162 Å². The quantitative estimate of drug-likeness (QED) is 0.398. The highest BCUT2D eigenvalue weighted by Gasteiger charge is 2.32. The van der Waals surface area contributed by atoms with Crippen molar-refractivity contribution in [3.05, 3.63) is 51.8 Å². The van der Waals surface area contributed by atoms with Crippen LogP contribution >= 0.6 is 11.6 Å². The Morgan fingerprint density at radius 1 is 1.25 bits per heavy atom. The molecule has 0 radical (unpaired) electrons. The summed E-state index contributed by atoms with van der Waals surface area (Å²) in [6.45, 7) is 0.369. The SMILES string of the molecule is Nc1c(O)c(O)c(Cl)c2c1CN(C(=O)/C=C/c1ccc(C(F)(F)F)nc1)CC2. The molecule has 148 valence electrons. The zero-order chi connectivity index (χ0) is 20.6. The van der Waals surface area contributed by atoms with Gasteiger partial charge >= 0.3 is 6.18 Å². The molecule has 2 aromatic rings. The number of nitrogen functional groups attached to an aromatic ring is 1. The molecular formula is C18H15ClF3N3O3. The second kappa shape index (κ2) is 7.23. The average Bonchev–Trinajstić information content (AvgIpc) is 2.68. The summed E-state index contributed by atoms with van der Waals surface area (Å²) in [6, 6.07) is 2.04. The van der Waals surface area contributed by atoms with Gasteiger partial charge in [0.25, 0.3) is 0 Å². The highest BCUT2D eigenvalue weighted by Crippen LogP contribution is 2.45. The number of alkyl halides is 3. The van der Waals surface area contributed by atoms with E-state index in [2.05, 4.69) is 4.98 Å². The summed E-state index contributed by atoms with van der Waals surface area (Å²) < 4.78 is 37.6. The Morgan fingerprint density at radius 2 is 1.96 bits per heavy atom. The molecule has 0 aliphatic carbocycles. The average molecular weight is 414 g/mol. The number of nitrogens with two attached hydrogens (primary N) is 1. The van der Waals surface area contributed by atoms with Crippen molar-refractivity contribution in [3.63, 3.8) is 0 Å². The number of hydrogen-bond donors (Lipinski definition) is 3. The maximum atomic E-state index is 12.5. The van der Waals surface area contributed by atoms with Crippen LogP contribution in [-0.4, -0.2) is 32.5 Å². The molecule has 0 fully saturated rings. The van der Waals surface area contributed by atoms with E-state index < -0.39 is 29.3 Å². The Bertz CT molecular complexity index is 960. The summed E-state index contributed by atoms with van der Waals surface area (Å²) >= 11 is 6.03. The highest BCUT2D eigenvalue weighted by molar-refractivity contribution is 6.33. The number of benzene rings is 1. The number of hydrogen-bond acceptors (Lipinski definition) is 5. The molecule has 2 heterocycles. The third kappa shape index (κ3) is 3.70. The predicted octanol–water partition coefficient (Wildman–Crippen LogP) is 3.35. The van der Waals surface area contributed by atoms with Gasteiger partial charge in [0, 0.05) is 30.9 Å². The first-order chi connectivity index (χ1) is 13.1. The van der Waals surface area contributed by atoms with E-state index in [1.807, 2.05) is 0 Å². The van der Waals surface area contributed by atoms with Crippen molar-refractivity contribution >= 4 is 29.3 Å². The van der Waals surface area contributed by atoms with E-state index in [0.717, 1.165) is 12.3 Å². The van der Waals surface area contributed by atoms with Crippen molar-refractivity contribution in [2.45, 2.75) is 19.1 Å². The van der Waals surface area contributed by atoms with Crippen molar-refractivity contribution in [1.82, 2.24) is 9.88 Å². The van der Waals surface area contributed by atoms with Gasteiger partial charge in [-0.25, -0.2) is 0 Å². The Morgan fingerprint density at radius 3 is 2.57 bits per heavy atom. The van der Waals surface area contributed by atoms with Crippen LogP contribution in [0.15, 0.2) is 24.4 Å². The first kappa shape index (κ1) is 19.8. The van der Waals surface area contributed by atoms with Crippen LogP contribution in [0.3, 0.4) is 0 Å². The van der Waals surface area contributed by atoms with E-state index in [1.165, 1.54) is 23.1 Å². The molecule has 1 aromatic heterocycles. The lowest BCUT2D eigenvalue weighted by Crippen LogP contribution is -2.35. The highest BCUT2D eigenvalue weighted by atomic mass is 35.5. The third-order valence-corrected chi connectivity index (χ3v) is 4.84. The summed E-state index contributed by atoms with van der Waals surface area (Å²) in [5.41, 5.74) is 6.11. The fourth-order valence-electron chi connectivity index (χ4n) is 2.90. The number of carbonyl (C=O) groups is 1. The van der Waals surface area contributed by atoms with Crippen LogP contribution in [0.5, 0.6) is 11.5 Å². The summed E-state index contributed by atoms with van der Waals surface area (Å²) in [5, 5.41) is 19.6. The first-order valence-electron chi connectivity index (χ1n) is 8.10. The molecule has 0 saturated carbocycles. The van der Waals surface area contributed by atoms with Gasteiger partial charge in [0.05, 0.1) is 10.7 Å². The van der Waals surface area contributed by atoms with Gasteiger partial charge in [0.15, 0.2) is 11.5 Å². The number of halogens is 4. The molecule has 1 aliphatic heterocycles. The summed E-state index contributed by atoms with van der Waals surface area (Å²) in [7, 11) is 0. The molecule has 10 heteroatoms. The molecule has 0 bridgehead atoms. The second-order valence-electron chi connectivity index (χ2n) is 6.20. The van der Waals surface area contributed by atoms with Gasteiger partial charge in [-0.05, 0) is 29.7 Å². The number of pyridine rings is 1. The molecule has 1 amide bonds. The number of nitrogens with zero attached hydrogens (tertiary/aromatic N) is 2. The molecule has 0 saturated heterocycles. The smallest absolute Gasteiger partial charge is 0.433 e. The number of phenolic OH excluding ortho intramolecular Hbond substituents is 2. The van der Waals surface area contributed by atoms with Crippen LogP contribution in [-0.2, 0) is 23.9 Å². The van der Waals surface area contributed by atoms with Crippen molar-refractivity contribution in [2.75, 3.05) is 12.3 Å². The normalized spacial score (nSPS) is 14.4. The minimum absolute atomic E-state index is 0.000157. The fraction of sp³-hybridized carbons (Fsp3) is 0.222. The van der Waals surface area contributed by atoms with E-state index in [0.29, 0.717) is 29.7 Å². The number of aromatic hydroxyl groups is 2. The van der Waals surface area contributed by atoms with Crippen LogP contribution in [0.1, 0.15) is 22.4 Å². The minimum atomic E-state index is -4.53. The van der Waals surface area contributed by atoms with E-state index in [9.17, 15) is 28.2 Å². The van der Waals surface area contributed by atoms with E-state index in [-0.39, 0.29) is 17.3 Å². The Hall–Kier alpha value is -2.94. The zero-order valence-electron chi connectivity index (χ0n) is 14.3. The van der Waals surface area contributed by atoms with Gasteiger partial charge in [0.2, 0.25) is 5.91 Å². The standard InChI is InChI=1S/C18H15ClF3N3O3/c19-14-10-5-6-25(8-11(10)15(23)17(28)16(14)27)13(26)4-2-9-1-3-12(24-7-9)18(20,21)22/h1-4,7,27-28H,5-6,8,23H2/b4-2+. The fourth-order valence-corrected chi connectivity index (χ4v) is 3.20.